The minimum Gasteiger partial charge on any atom is -0.315 e. The Morgan fingerprint density at radius 1 is 1.18 bits per heavy atom. The van der Waals surface area contributed by atoms with Crippen LogP contribution in [0.4, 0.5) is 0 Å². The molecule has 1 N–H and O–H groups in total. The molecule has 0 fully saturated rings. The third-order valence-electron chi connectivity index (χ3n) is 3.36. The molecule has 0 aromatic heterocycles. The average Bonchev–Trinajstić information content (AvgIpc) is 2.39. The van der Waals surface area contributed by atoms with E-state index in [1.54, 1.807) is 0 Å². The van der Waals surface area contributed by atoms with Gasteiger partial charge in [-0.05, 0) is 31.5 Å². The van der Waals surface area contributed by atoms with Crippen molar-refractivity contribution in [3.63, 3.8) is 0 Å². The van der Waals surface area contributed by atoms with Gasteiger partial charge in [0, 0.05) is 19.6 Å². The summed E-state index contributed by atoms with van der Waals surface area (Å²) in [7, 11) is 2.16. The second kappa shape index (κ2) is 8.26. The lowest BCUT2D eigenvalue weighted by molar-refractivity contribution is 0.347. The van der Waals surface area contributed by atoms with Crippen LogP contribution in [-0.4, -0.2) is 38.1 Å². The molecule has 0 saturated heterocycles. The van der Waals surface area contributed by atoms with Crippen molar-refractivity contribution in [2.24, 2.45) is 0 Å². The summed E-state index contributed by atoms with van der Waals surface area (Å²) in [6.07, 6.45) is 1.20. The van der Waals surface area contributed by atoms with E-state index in [0.717, 1.165) is 26.2 Å². The van der Waals surface area contributed by atoms with E-state index in [4.69, 9.17) is 0 Å². The fourth-order valence-electron chi connectivity index (χ4n) is 1.93. The number of hydrogen-bond donors (Lipinski definition) is 1. The van der Waals surface area contributed by atoms with E-state index in [9.17, 15) is 0 Å². The van der Waals surface area contributed by atoms with E-state index in [1.165, 1.54) is 12.0 Å². The Morgan fingerprint density at radius 2 is 1.88 bits per heavy atom. The molecule has 0 bridgehead atoms. The maximum atomic E-state index is 3.56. The Bertz CT molecular complexity index is 284. The first-order valence-electron chi connectivity index (χ1n) is 6.72. The van der Waals surface area contributed by atoms with Crippen LogP contribution >= 0.6 is 0 Å². The summed E-state index contributed by atoms with van der Waals surface area (Å²) < 4.78 is 0. The molecule has 96 valence electrons. The second-order valence-electron chi connectivity index (χ2n) is 4.62. The van der Waals surface area contributed by atoms with Crippen LogP contribution in [0.3, 0.4) is 0 Å². The van der Waals surface area contributed by atoms with Gasteiger partial charge < -0.3 is 10.2 Å². The Balaban J connectivity index is 2.29. The molecule has 0 amide bonds. The maximum absolute atomic E-state index is 3.56. The van der Waals surface area contributed by atoms with E-state index >= 15 is 0 Å². The van der Waals surface area contributed by atoms with E-state index in [0.29, 0.717) is 5.92 Å². The molecular weight excluding hydrogens is 208 g/mol. The number of hydrogen-bond acceptors (Lipinski definition) is 2. The van der Waals surface area contributed by atoms with Gasteiger partial charge in [0.25, 0.3) is 0 Å². The van der Waals surface area contributed by atoms with Gasteiger partial charge in [-0.15, -0.1) is 0 Å². The van der Waals surface area contributed by atoms with Crippen LogP contribution in [0.25, 0.3) is 0 Å². The zero-order valence-electron chi connectivity index (χ0n) is 11.4. The molecule has 0 radical (unpaired) electrons. The van der Waals surface area contributed by atoms with Crippen molar-refractivity contribution in [3.8, 4) is 0 Å². The first-order chi connectivity index (χ1) is 8.27. The van der Waals surface area contributed by atoms with Gasteiger partial charge in [0.1, 0.15) is 0 Å². The lowest BCUT2D eigenvalue weighted by Gasteiger charge is -2.18. The monoisotopic (exact) mass is 234 g/mol. The predicted molar refractivity (Wildman–Crippen MR) is 75.5 cm³/mol. The Morgan fingerprint density at radius 3 is 2.47 bits per heavy atom. The third kappa shape index (κ3) is 5.33. The fraction of sp³-hybridized carbons (Fsp3) is 0.600. The Labute approximate surface area is 106 Å². The van der Waals surface area contributed by atoms with Crippen LogP contribution in [0.5, 0.6) is 0 Å². The number of rotatable bonds is 8. The van der Waals surface area contributed by atoms with Gasteiger partial charge >= 0.3 is 0 Å². The molecule has 0 aliphatic heterocycles. The molecule has 1 aromatic carbocycles. The van der Waals surface area contributed by atoms with Gasteiger partial charge in [0.2, 0.25) is 0 Å². The molecule has 1 rings (SSSR count). The molecule has 0 heterocycles. The van der Waals surface area contributed by atoms with Gasteiger partial charge in [-0.25, -0.2) is 0 Å². The van der Waals surface area contributed by atoms with Crippen molar-refractivity contribution >= 4 is 0 Å². The molecule has 2 nitrogen and oxygen atoms in total. The third-order valence-corrected chi connectivity index (χ3v) is 3.36. The number of nitrogens with one attached hydrogen (secondary N) is 1. The summed E-state index contributed by atoms with van der Waals surface area (Å²) in [4.78, 5) is 2.33. The molecule has 2 heteroatoms. The molecule has 1 atom stereocenters. The number of likely N-dealkylation sites (N-methyl/N-ethyl adjacent to an activating group) is 1. The lowest BCUT2D eigenvalue weighted by Crippen LogP contribution is -2.31. The molecule has 17 heavy (non-hydrogen) atoms. The maximum Gasteiger partial charge on any atom is 0.0104 e. The zero-order chi connectivity index (χ0) is 12.5. The second-order valence-corrected chi connectivity index (χ2v) is 4.62. The van der Waals surface area contributed by atoms with Crippen LogP contribution < -0.4 is 5.32 Å². The Hall–Kier alpha value is -0.860. The SMILES string of the molecule is CCC(CNCCN(C)CC)c1ccccc1. The summed E-state index contributed by atoms with van der Waals surface area (Å²) in [6.45, 7) is 8.86. The van der Waals surface area contributed by atoms with Crippen molar-refractivity contribution in [1.82, 2.24) is 10.2 Å². The van der Waals surface area contributed by atoms with Crippen LogP contribution in [0, 0.1) is 0 Å². The fourth-order valence-corrected chi connectivity index (χ4v) is 1.93. The van der Waals surface area contributed by atoms with Crippen LogP contribution in [-0.2, 0) is 0 Å². The molecule has 1 unspecified atom stereocenters. The summed E-state index contributed by atoms with van der Waals surface area (Å²) in [5, 5.41) is 3.56. The van der Waals surface area contributed by atoms with Gasteiger partial charge in [-0.1, -0.05) is 44.2 Å². The van der Waals surface area contributed by atoms with E-state index in [2.05, 4.69) is 61.4 Å². The van der Waals surface area contributed by atoms with Gasteiger partial charge in [0.15, 0.2) is 0 Å². The molecule has 1 aromatic rings. The van der Waals surface area contributed by atoms with Crippen molar-refractivity contribution in [1.29, 1.82) is 0 Å². The van der Waals surface area contributed by atoms with E-state index < -0.39 is 0 Å². The number of benzene rings is 1. The van der Waals surface area contributed by atoms with E-state index in [-0.39, 0.29) is 0 Å². The van der Waals surface area contributed by atoms with Crippen molar-refractivity contribution < 1.29 is 0 Å². The minimum absolute atomic E-state index is 0.642. The van der Waals surface area contributed by atoms with Crippen molar-refractivity contribution in [3.05, 3.63) is 35.9 Å². The molecule has 0 spiro atoms. The molecule has 0 saturated carbocycles. The topological polar surface area (TPSA) is 15.3 Å². The van der Waals surface area contributed by atoms with Gasteiger partial charge in [-0.3, -0.25) is 0 Å². The highest BCUT2D eigenvalue weighted by Gasteiger charge is 2.07. The van der Waals surface area contributed by atoms with E-state index in [1.807, 2.05) is 0 Å². The lowest BCUT2D eigenvalue weighted by atomic mass is 9.96. The molecule has 0 aliphatic carbocycles. The summed E-state index contributed by atoms with van der Waals surface area (Å²) >= 11 is 0. The van der Waals surface area contributed by atoms with Gasteiger partial charge in [-0.2, -0.15) is 0 Å². The number of nitrogens with zero attached hydrogens (tertiary/aromatic N) is 1. The van der Waals surface area contributed by atoms with Crippen LogP contribution in [0.1, 0.15) is 31.7 Å². The normalized spacial score (nSPS) is 12.9. The quantitative estimate of drug-likeness (QED) is 0.696. The summed E-state index contributed by atoms with van der Waals surface area (Å²) in [6, 6.07) is 10.8. The molecular formula is C15H26N2. The summed E-state index contributed by atoms with van der Waals surface area (Å²) in [5.41, 5.74) is 1.45. The first-order valence-corrected chi connectivity index (χ1v) is 6.72. The highest BCUT2D eigenvalue weighted by atomic mass is 15.1. The van der Waals surface area contributed by atoms with Crippen LogP contribution in [0.15, 0.2) is 30.3 Å². The van der Waals surface area contributed by atoms with Crippen LogP contribution in [0.2, 0.25) is 0 Å². The smallest absolute Gasteiger partial charge is 0.0104 e. The largest absolute Gasteiger partial charge is 0.315 e. The standard InChI is InChI=1S/C15H26N2/c1-4-14(15-9-7-6-8-10-15)13-16-11-12-17(3)5-2/h6-10,14,16H,4-5,11-13H2,1-3H3. The van der Waals surface area contributed by atoms with Gasteiger partial charge in [0.05, 0.1) is 0 Å². The predicted octanol–water partition coefficient (Wildman–Crippen LogP) is 2.72. The van der Waals surface area contributed by atoms with Crippen molar-refractivity contribution in [2.75, 3.05) is 33.2 Å². The highest BCUT2D eigenvalue weighted by Crippen LogP contribution is 2.17. The minimum atomic E-state index is 0.642. The van der Waals surface area contributed by atoms with Crippen molar-refractivity contribution in [2.45, 2.75) is 26.2 Å². The average molecular weight is 234 g/mol. The molecule has 0 aliphatic rings. The highest BCUT2D eigenvalue weighted by molar-refractivity contribution is 5.19. The Kier molecular flexibility index (Phi) is 6.90. The first kappa shape index (κ1) is 14.2. The zero-order valence-corrected chi connectivity index (χ0v) is 11.4. The summed E-state index contributed by atoms with van der Waals surface area (Å²) in [5.74, 6) is 0.642.